The molecule has 0 aliphatic carbocycles. The molecule has 3 fully saturated rings. The van der Waals surface area contributed by atoms with Gasteiger partial charge in [-0.15, -0.1) is 0 Å². The Bertz CT molecular complexity index is 195. The summed E-state index contributed by atoms with van der Waals surface area (Å²) < 4.78 is 0. The van der Waals surface area contributed by atoms with E-state index in [0.29, 0.717) is 18.1 Å². The number of rotatable bonds is 6. The van der Waals surface area contributed by atoms with Crippen molar-refractivity contribution in [1.29, 1.82) is 0 Å². The van der Waals surface area contributed by atoms with Gasteiger partial charge >= 0.3 is 0 Å². The topological polar surface area (TPSA) is 81.3 Å². The van der Waals surface area contributed by atoms with Gasteiger partial charge in [0.15, 0.2) is 0 Å². The van der Waals surface area contributed by atoms with Crippen LogP contribution >= 0.6 is 0 Å². The molecule has 0 saturated carbocycles. The molecule has 0 amide bonds. The Kier molecular flexibility index (Phi) is 4.79. The number of nitrogens with zero attached hydrogens (tertiary/aromatic N) is 1. The van der Waals surface area contributed by atoms with Crippen LogP contribution in [0.5, 0.6) is 0 Å². The van der Waals surface area contributed by atoms with Gasteiger partial charge in [0, 0.05) is 18.1 Å². The van der Waals surface area contributed by atoms with Crippen LogP contribution in [0, 0.1) is 5.92 Å². The monoisotopic (exact) mass is 240 g/mol. The fourth-order valence-corrected chi connectivity index (χ4v) is 4.08. The minimum atomic E-state index is 0.695. The molecule has 3 saturated heterocycles. The molecule has 0 aromatic rings. The predicted molar refractivity (Wildman–Crippen MR) is 71.6 cm³/mol. The van der Waals surface area contributed by atoms with E-state index in [1.165, 1.54) is 19.3 Å². The lowest BCUT2D eigenvalue weighted by Crippen LogP contribution is -2.60. The first-order chi connectivity index (χ1) is 8.30. The molecule has 3 rings (SSSR count). The van der Waals surface area contributed by atoms with Crippen molar-refractivity contribution in [3.05, 3.63) is 0 Å². The molecule has 4 heteroatoms. The summed E-state index contributed by atoms with van der Waals surface area (Å²) >= 11 is 0. The van der Waals surface area contributed by atoms with Gasteiger partial charge in [0.05, 0.1) is 0 Å². The average molecular weight is 240 g/mol. The summed E-state index contributed by atoms with van der Waals surface area (Å²) in [4.78, 5) is 2.73. The third-order valence-electron chi connectivity index (χ3n) is 4.58. The second kappa shape index (κ2) is 6.14. The zero-order valence-corrected chi connectivity index (χ0v) is 10.9. The van der Waals surface area contributed by atoms with Crippen LogP contribution in [0.15, 0.2) is 0 Å². The molecule has 0 spiro atoms. The van der Waals surface area contributed by atoms with E-state index in [1.54, 1.807) is 0 Å². The summed E-state index contributed by atoms with van der Waals surface area (Å²) in [6.07, 6.45) is 7.45. The first kappa shape index (κ1) is 13.3. The third-order valence-corrected chi connectivity index (χ3v) is 4.58. The molecular formula is C13H28N4. The Labute approximate surface area is 105 Å². The summed E-state index contributed by atoms with van der Waals surface area (Å²) in [5.74, 6) is 0.893. The molecule has 0 aromatic heterocycles. The quantitative estimate of drug-likeness (QED) is 0.622. The van der Waals surface area contributed by atoms with E-state index >= 15 is 0 Å². The van der Waals surface area contributed by atoms with Crippen molar-refractivity contribution in [3.63, 3.8) is 0 Å². The van der Waals surface area contributed by atoms with Gasteiger partial charge in [-0.3, -0.25) is 4.90 Å². The van der Waals surface area contributed by atoms with Crippen LogP contribution in [0.2, 0.25) is 0 Å². The molecule has 3 unspecified atom stereocenters. The smallest absolute Gasteiger partial charge is 0.0116 e. The second-order valence-electron chi connectivity index (χ2n) is 5.71. The SMILES string of the molecule is NCCC1CC2CC(CCN)N1C(CCN)C2. The lowest BCUT2D eigenvalue weighted by atomic mass is 9.73. The van der Waals surface area contributed by atoms with Gasteiger partial charge in [0.25, 0.3) is 0 Å². The van der Waals surface area contributed by atoms with E-state index in [9.17, 15) is 0 Å². The van der Waals surface area contributed by atoms with E-state index < -0.39 is 0 Å². The number of fused-ring (bicyclic) bond motifs is 3. The van der Waals surface area contributed by atoms with Crippen LogP contribution in [0.25, 0.3) is 0 Å². The minimum Gasteiger partial charge on any atom is -0.330 e. The van der Waals surface area contributed by atoms with Gasteiger partial charge in [0.1, 0.15) is 0 Å². The van der Waals surface area contributed by atoms with Crippen LogP contribution in [-0.4, -0.2) is 42.7 Å². The second-order valence-corrected chi connectivity index (χ2v) is 5.71. The first-order valence-corrected chi connectivity index (χ1v) is 7.17. The van der Waals surface area contributed by atoms with Crippen LogP contribution in [0.4, 0.5) is 0 Å². The fraction of sp³-hybridized carbons (Fsp3) is 1.00. The fourth-order valence-electron chi connectivity index (χ4n) is 4.08. The van der Waals surface area contributed by atoms with Crippen LogP contribution < -0.4 is 17.2 Å². The maximum absolute atomic E-state index is 5.75. The zero-order chi connectivity index (χ0) is 12.3. The predicted octanol–water partition coefficient (Wildman–Crippen LogP) is 0.254. The lowest BCUT2D eigenvalue weighted by Gasteiger charge is -2.55. The van der Waals surface area contributed by atoms with Gasteiger partial charge in [-0.25, -0.2) is 0 Å². The normalized spacial score (nSPS) is 40.8. The molecule has 3 atom stereocenters. The standard InChI is InChI=1S/C13H28N4/c14-4-1-11-7-10-8-12(2-5-15)17(11)13(9-10)3-6-16/h10-13H,1-9,14-16H2. The molecule has 3 aliphatic heterocycles. The average Bonchev–Trinajstić information content (AvgIpc) is 2.30. The van der Waals surface area contributed by atoms with Gasteiger partial charge < -0.3 is 17.2 Å². The number of nitrogens with two attached hydrogens (primary N) is 3. The van der Waals surface area contributed by atoms with E-state index in [-0.39, 0.29) is 0 Å². The Morgan fingerprint density at radius 2 is 1.06 bits per heavy atom. The number of hydrogen-bond donors (Lipinski definition) is 3. The molecule has 6 N–H and O–H groups in total. The van der Waals surface area contributed by atoms with E-state index in [4.69, 9.17) is 17.2 Å². The van der Waals surface area contributed by atoms with Crippen molar-refractivity contribution in [2.45, 2.75) is 56.7 Å². The van der Waals surface area contributed by atoms with E-state index in [1.807, 2.05) is 0 Å². The molecule has 0 radical (unpaired) electrons. The first-order valence-electron chi connectivity index (χ1n) is 7.17. The minimum absolute atomic E-state index is 0.695. The molecule has 0 aromatic carbocycles. The summed E-state index contributed by atoms with van der Waals surface area (Å²) in [5.41, 5.74) is 17.3. The van der Waals surface area contributed by atoms with Crippen molar-refractivity contribution in [2.24, 2.45) is 23.1 Å². The van der Waals surface area contributed by atoms with E-state index in [2.05, 4.69) is 4.90 Å². The van der Waals surface area contributed by atoms with Crippen molar-refractivity contribution in [3.8, 4) is 0 Å². The van der Waals surface area contributed by atoms with Gasteiger partial charge in [0.2, 0.25) is 0 Å². The van der Waals surface area contributed by atoms with Crippen molar-refractivity contribution >= 4 is 0 Å². The number of piperidine rings is 3. The van der Waals surface area contributed by atoms with Crippen LogP contribution in [0.1, 0.15) is 38.5 Å². The van der Waals surface area contributed by atoms with Gasteiger partial charge in [-0.2, -0.15) is 0 Å². The van der Waals surface area contributed by atoms with Crippen molar-refractivity contribution < 1.29 is 0 Å². The third kappa shape index (κ3) is 2.81. The lowest BCUT2D eigenvalue weighted by molar-refractivity contribution is -0.0553. The molecular weight excluding hydrogens is 212 g/mol. The maximum Gasteiger partial charge on any atom is 0.0116 e. The molecule has 3 heterocycles. The Balaban J connectivity index is 2.06. The molecule has 2 bridgehead atoms. The van der Waals surface area contributed by atoms with E-state index in [0.717, 1.165) is 44.8 Å². The molecule has 3 aliphatic rings. The molecule has 17 heavy (non-hydrogen) atoms. The highest BCUT2D eigenvalue weighted by molar-refractivity contribution is 4.99. The Morgan fingerprint density at radius 1 is 0.706 bits per heavy atom. The summed E-state index contributed by atoms with van der Waals surface area (Å²) in [6.45, 7) is 2.41. The Morgan fingerprint density at radius 3 is 1.35 bits per heavy atom. The van der Waals surface area contributed by atoms with Crippen molar-refractivity contribution in [1.82, 2.24) is 4.90 Å². The number of hydrogen-bond acceptors (Lipinski definition) is 4. The Hall–Kier alpha value is -0.160. The van der Waals surface area contributed by atoms with Gasteiger partial charge in [-0.05, 0) is 64.1 Å². The molecule has 4 nitrogen and oxygen atoms in total. The van der Waals surface area contributed by atoms with Crippen LogP contribution in [-0.2, 0) is 0 Å². The molecule has 100 valence electrons. The van der Waals surface area contributed by atoms with Crippen molar-refractivity contribution in [2.75, 3.05) is 19.6 Å². The highest BCUT2D eigenvalue weighted by Gasteiger charge is 2.44. The van der Waals surface area contributed by atoms with Gasteiger partial charge in [-0.1, -0.05) is 0 Å². The summed E-state index contributed by atoms with van der Waals surface area (Å²) in [6, 6.07) is 2.08. The maximum atomic E-state index is 5.75. The highest BCUT2D eigenvalue weighted by Crippen LogP contribution is 2.42. The summed E-state index contributed by atoms with van der Waals surface area (Å²) in [5, 5.41) is 0. The summed E-state index contributed by atoms with van der Waals surface area (Å²) in [7, 11) is 0. The zero-order valence-electron chi connectivity index (χ0n) is 10.9. The largest absolute Gasteiger partial charge is 0.330 e. The highest BCUT2D eigenvalue weighted by atomic mass is 15.2. The van der Waals surface area contributed by atoms with Crippen LogP contribution in [0.3, 0.4) is 0 Å².